The van der Waals surface area contributed by atoms with Gasteiger partial charge in [0.05, 0.1) is 5.56 Å². The van der Waals surface area contributed by atoms with Crippen LogP contribution in [0.25, 0.3) is 0 Å². The molecule has 1 unspecified atom stereocenters. The lowest BCUT2D eigenvalue weighted by molar-refractivity contribution is 0.0935. The lowest BCUT2D eigenvalue weighted by atomic mass is 9.92. The fourth-order valence-electron chi connectivity index (χ4n) is 2.49. The lowest BCUT2D eigenvalue weighted by Gasteiger charge is -2.18. The number of nitrogens with one attached hydrogen (secondary N) is 1. The molecule has 0 aliphatic heterocycles. The van der Waals surface area contributed by atoms with E-state index in [2.05, 4.69) is 51.0 Å². The summed E-state index contributed by atoms with van der Waals surface area (Å²) < 4.78 is 1.75. The molecule has 0 heterocycles. The summed E-state index contributed by atoms with van der Waals surface area (Å²) in [5.41, 5.74) is 1.04. The largest absolute Gasteiger partial charge is 0.349 e. The fourth-order valence-corrected chi connectivity index (χ4v) is 3.28. The molecule has 1 aliphatic carbocycles. The molecule has 98 valence electrons. The normalized spacial score (nSPS) is 21.9. The van der Waals surface area contributed by atoms with Crippen LogP contribution >= 0.6 is 31.9 Å². The summed E-state index contributed by atoms with van der Waals surface area (Å²) >= 11 is 6.82. The smallest absolute Gasteiger partial charge is 0.252 e. The van der Waals surface area contributed by atoms with Crippen LogP contribution in [0.5, 0.6) is 0 Å². The third-order valence-electron chi connectivity index (χ3n) is 3.48. The second-order valence-corrected chi connectivity index (χ2v) is 7.47. The highest BCUT2D eigenvalue weighted by molar-refractivity contribution is 9.11. The van der Waals surface area contributed by atoms with Gasteiger partial charge >= 0.3 is 0 Å². The van der Waals surface area contributed by atoms with E-state index < -0.39 is 0 Å². The summed E-state index contributed by atoms with van der Waals surface area (Å²) in [4.78, 5) is 12.2. The fraction of sp³-hybridized carbons (Fsp3) is 0.500. The van der Waals surface area contributed by atoms with E-state index in [9.17, 15) is 4.79 Å². The Labute approximate surface area is 125 Å². The average Bonchev–Trinajstić information content (AvgIpc) is 2.61. The number of hydrogen-bond acceptors (Lipinski definition) is 1. The van der Waals surface area contributed by atoms with Gasteiger partial charge < -0.3 is 5.32 Å². The molecule has 2 rings (SSSR count). The van der Waals surface area contributed by atoms with Gasteiger partial charge in [-0.25, -0.2) is 0 Å². The van der Waals surface area contributed by atoms with Gasteiger partial charge in [0.15, 0.2) is 0 Å². The molecular weight excluding hydrogens is 358 g/mol. The van der Waals surface area contributed by atoms with Gasteiger partial charge in [0.25, 0.3) is 5.91 Å². The van der Waals surface area contributed by atoms with Crippen molar-refractivity contribution >= 4 is 37.8 Å². The van der Waals surface area contributed by atoms with E-state index in [0.29, 0.717) is 17.0 Å². The van der Waals surface area contributed by atoms with Crippen molar-refractivity contribution in [3.63, 3.8) is 0 Å². The molecular formula is C14H17Br2NO. The standard InChI is InChI=1S/C14H17Br2NO/c1-14(2)6-5-10(8-14)17-13(18)11-7-9(15)3-4-12(11)16/h3-4,7,10H,5-6,8H2,1-2H3,(H,17,18). The van der Waals surface area contributed by atoms with E-state index in [1.165, 1.54) is 6.42 Å². The van der Waals surface area contributed by atoms with E-state index >= 15 is 0 Å². The maximum atomic E-state index is 12.2. The van der Waals surface area contributed by atoms with Crippen molar-refractivity contribution < 1.29 is 4.79 Å². The third kappa shape index (κ3) is 3.35. The molecule has 18 heavy (non-hydrogen) atoms. The van der Waals surface area contributed by atoms with Crippen molar-refractivity contribution in [2.45, 2.75) is 39.2 Å². The van der Waals surface area contributed by atoms with E-state index in [1.807, 2.05) is 18.2 Å². The van der Waals surface area contributed by atoms with E-state index in [-0.39, 0.29) is 5.91 Å². The zero-order valence-corrected chi connectivity index (χ0v) is 13.8. The number of hydrogen-bond donors (Lipinski definition) is 1. The highest BCUT2D eigenvalue weighted by Crippen LogP contribution is 2.37. The van der Waals surface area contributed by atoms with Gasteiger partial charge in [0, 0.05) is 15.0 Å². The summed E-state index contributed by atoms with van der Waals surface area (Å²) in [6.45, 7) is 4.52. The first-order valence-electron chi connectivity index (χ1n) is 6.13. The van der Waals surface area contributed by atoms with Gasteiger partial charge in [-0.3, -0.25) is 4.79 Å². The Morgan fingerprint density at radius 1 is 1.39 bits per heavy atom. The topological polar surface area (TPSA) is 29.1 Å². The van der Waals surface area contributed by atoms with Gasteiger partial charge in [-0.1, -0.05) is 29.8 Å². The summed E-state index contributed by atoms with van der Waals surface area (Å²) in [7, 11) is 0. The van der Waals surface area contributed by atoms with Crippen molar-refractivity contribution in [1.82, 2.24) is 5.32 Å². The predicted octanol–water partition coefficient (Wildman–Crippen LogP) is 4.52. The monoisotopic (exact) mass is 373 g/mol. The Bertz CT molecular complexity index is 471. The van der Waals surface area contributed by atoms with Gasteiger partial charge in [-0.15, -0.1) is 0 Å². The predicted molar refractivity (Wildman–Crippen MR) is 80.7 cm³/mol. The molecule has 1 fully saturated rings. The van der Waals surface area contributed by atoms with Crippen molar-refractivity contribution in [2.75, 3.05) is 0 Å². The Morgan fingerprint density at radius 2 is 2.11 bits per heavy atom. The van der Waals surface area contributed by atoms with Crippen LogP contribution in [0, 0.1) is 5.41 Å². The second kappa shape index (κ2) is 5.33. The molecule has 1 atom stereocenters. The van der Waals surface area contributed by atoms with Crippen molar-refractivity contribution in [2.24, 2.45) is 5.41 Å². The SMILES string of the molecule is CC1(C)CCC(NC(=O)c2cc(Br)ccc2Br)C1. The first-order valence-corrected chi connectivity index (χ1v) is 7.72. The summed E-state index contributed by atoms with van der Waals surface area (Å²) in [6.07, 6.45) is 3.31. The number of rotatable bonds is 2. The third-order valence-corrected chi connectivity index (χ3v) is 4.66. The first-order chi connectivity index (χ1) is 8.37. The lowest BCUT2D eigenvalue weighted by Crippen LogP contribution is -2.33. The highest BCUT2D eigenvalue weighted by atomic mass is 79.9. The molecule has 1 aliphatic rings. The number of carbonyl (C=O) groups excluding carboxylic acids is 1. The quantitative estimate of drug-likeness (QED) is 0.809. The molecule has 0 bridgehead atoms. The van der Waals surface area contributed by atoms with E-state index in [0.717, 1.165) is 21.8 Å². The molecule has 1 aromatic carbocycles. The van der Waals surface area contributed by atoms with Crippen LogP contribution in [0.1, 0.15) is 43.5 Å². The van der Waals surface area contributed by atoms with Crippen LogP contribution in [-0.2, 0) is 0 Å². The molecule has 1 saturated carbocycles. The summed E-state index contributed by atoms with van der Waals surface area (Å²) in [5, 5.41) is 3.13. The Morgan fingerprint density at radius 3 is 2.72 bits per heavy atom. The molecule has 1 amide bonds. The van der Waals surface area contributed by atoms with Gasteiger partial charge in [-0.2, -0.15) is 0 Å². The first kappa shape index (κ1) is 14.1. The molecule has 0 saturated heterocycles. The maximum Gasteiger partial charge on any atom is 0.252 e. The van der Waals surface area contributed by atoms with Crippen LogP contribution in [0.3, 0.4) is 0 Å². The molecule has 1 aromatic rings. The molecule has 0 spiro atoms. The van der Waals surface area contributed by atoms with Crippen LogP contribution < -0.4 is 5.32 Å². The Hall–Kier alpha value is -0.350. The van der Waals surface area contributed by atoms with E-state index in [4.69, 9.17) is 0 Å². The number of benzene rings is 1. The van der Waals surface area contributed by atoms with Crippen molar-refractivity contribution in [3.05, 3.63) is 32.7 Å². The van der Waals surface area contributed by atoms with E-state index in [1.54, 1.807) is 0 Å². The minimum Gasteiger partial charge on any atom is -0.349 e. The minimum absolute atomic E-state index is 0.00544. The second-order valence-electron chi connectivity index (χ2n) is 5.70. The van der Waals surface area contributed by atoms with Crippen molar-refractivity contribution in [3.8, 4) is 0 Å². The van der Waals surface area contributed by atoms with Crippen LogP contribution in [-0.4, -0.2) is 11.9 Å². The number of carbonyl (C=O) groups is 1. The van der Waals surface area contributed by atoms with Crippen LogP contribution in [0.15, 0.2) is 27.1 Å². The maximum absolute atomic E-state index is 12.2. The molecule has 2 nitrogen and oxygen atoms in total. The van der Waals surface area contributed by atoms with Crippen LogP contribution in [0.2, 0.25) is 0 Å². The summed E-state index contributed by atoms with van der Waals surface area (Å²) in [6, 6.07) is 5.95. The molecule has 0 radical (unpaired) electrons. The van der Waals surface area contributed by atoms with Gasteiger partial charge in [-0.05, 0) is 58.8 Å². The van der Waals surface area contributed by atoms with Crippen LogP contribution in [0.4, 0.5) is 0 Å². The molecule has 0 aromatic heterocycles. The average molecular weight is 375 g/mol. The number of amides is 1. The summed E-state index contributed by atoms with van der Waals surface area (Å²) in [5.74, 6) is 0.00544. The minimum atomic E-state index is 0.00544. The molecule has 4 heteroatoms. The highest BCUT2D eigenvalue weighted by Gasteiger charge is 2.31. The van der Waals surface area contributed by atoms with Gasteiger partial charge in [0.2, 0.25) is 0 Å². The van der Waals surface area contributed by atoms with Crippen molar-refractivity contribution in [1.29, 1.82) is 0 Å². The molecule has 1 N–H and O–H groups in total. The zero-order valence-electron chi connectivity index (χ0n) is 10.6. The Kier molecular flexibility index (Phi) is 4.17. The zero-order chi connectivity index (χ0) is 13.3. The Balaban J connectivity index is 2.06. The van der Waals surface area contributed by atoms with Gasteiger partial charge in [0.1, 0.15) is 0 Å². The number of halogens is 2.